The first-order valence-electron chi connectivity index (χ1n) is 14.3. The molecule has 0 saturated carbocycles. The minimum absolute atomic E-state index is 0.0126. The molecular weight excluding hydrogens is 600 g/mol. The summed E-state index contributed by atoms with van der Waals surface area (Å²) < 4.78 is 0. The van der Waals surface area contributed by atoms with Gasteiger partial charge in [0.15, 0.2) is 5.96 Å². The average molecular weight is 639 g/mol. The minimum atomic E-state index is -1.77. The van der Waals surface area contributed by atoms with E-state index < -0.39 is 60.2 Å². The van der Waals surface area contributed by atoms with Gasteiger partial charge in [0.25, 0.3) is 0 Å². The number of hydrogen-bond donors (Lipinski definition) is 10. The number of amides is 3. The first-order valence-corrected chi connectivity index (χ1v) is 14.3. The number of aromatic hydroxyl groups is 1. The maximum Gasteiger partial charge on any atom is 0.326 e. The van der Waals surface area contributed by atoms with Crippen LogP contribution in [-0.2, 0) is 36.8 Å². The molecule has 0 unspecified atom stereocenters. The zero-order valence-electron chi connectivity index (χ0n) is 24.8. The van der Waals surface area contributed by atoms with Crippen molar-refractivity contribution in [3.8, 4) is 5.75 Å². The average Bonchev–Trinajstić information content (AvgIpc) is 3.41. The van der Waals surface area contributed by atoms with E-state index in [4.69, 9.17) is 22.3 Å². The SMILES string of the molecule is NC(N)=NCCC[C@H](N)C(=O)N[C@@H](Cc1ccc(O)cc1)C(=O)N[C@@H](Cc1c[nH]c2ccccc12)C(=O)N[C@@H](CC(=O)O)C(=O)O. The van der Waals surface area contributed by atoms with Gasteiger partial charge in [0.1, 0.15) is 23.9 Å². The maximum atomic E-state index is 13.8. The van der Waals surface area contributed by atoms with Gasteiger partial charge in [-0.25, -0.2) is 4.79 Å². The molecule has 0 saturated heterocycles. The molecule has 3 rings (SSSR count). The van der Waals surface area contributed by atoms with Crippen LogP contribution >= 0.6 is 0 Å². The molecule has 16 heteroatoms. The quantitative estimate of drug-likeness (QED) is 0.0488. The van der Waals surface area contributed by atoms with E-state index in [1.807, 2.05) is 6.07 Å². The smallest absolute Gasteiger partial charge is 0.326 e. The fourth-order valence-corrected chi connectivity index (χ4v) is 4.66. The van der Waals surface area contributed by atoms with Crippen LogP contribution < -0.4 is 33.2 Å². The molecular formula is C30H38N8O8. The number of aromatic amines is 1. The van der Waals surface area contributed by atoms with E-state index in [0.29, 0.717) is 17.5 Å². The first-order chi connectivity index (χ1) is 21.8. The van der Waals surface area contributed by atoms with Crippen LogP contribution in [0, 0.1) is 0 Å². The normalized spacial score (nSPS) is 13.5. The van der Waals surface area contributed by atoms with Gasteiger partial charge in [-0.3, -0.25) is 24.2 Å². The Labute approximate surface area is 263 Å². The fraction of sp³-hybridized carbons (Fsp3) is 0.333. The lowest BCUT2D eigenvalue weighted by atomic mass is 10.0. The highest BCUT2D eigenvalue weighted by atomic mass is 16.4. The first kappa shape index (κ1) is 34.8. The third-order valence-electron chi connectivity index (χ3n) is 7.04. The molecule has 4 atom stereocenters. The Morgan fingerprint density at radius 3 is 2.07 bits per heavy atom. The number of guanidine groups is 1. The van der Waals surface area contributed by atoms with Crippen LogP contribution in [0.25, 0.3) is 10.9 Å². The topological polar surface area (TPSA) is 288 Å². The number of aliphatic imine (C=N–C) groups is 1. The van der Waals surface area contributed by atoms with Crippen molar-refractivity contribution in [2.24, 2.45) is 22.2 Å². The van der Waals surface area contributed by atoms with E-state index in [1.165, 1.54) is 12.1 Å². The third-order valence-corrected chi connectivity index (χ3v) is 7.04. The highest BCUT2D eigenvalue weighted by Crippen LogP contribution is 2.20. The molecule has 3 amide bonds. The van der Waals surface area contributed by atoms with Gasteiger partial charge in [-0.05, 0) is 42.2 Å². The molecule has 1 aromatic heterocycles. The number of aliphatic carboxylic acids is 2. The van der Waals surface area contributed by atoms with Gasteiger partial charge in [0, 0.05) is 36.5 Å². The zero-order valence-corrected chi connectivity index (χ0v) is 24.8. The summed E-state index contributed by atoms with van der Waals surface area (Å²) in [6.45, 7) is 0.241. The summed E-state index contributed by atoms with van der Waals surface area (Å²) in [5.74, 6) is -5.53. The van der Waals surface area contributed by atoms with Crippen LogP contribution in [-0.4, -0.2) is 86.6 Å². The van der Waals surface area contributed by atoms with Crippen LogP contribution in [0.2, 0.25) is 0 Å². The molecule has 0 radical (unpaired) electrons. The van der Waals surface area contributed by atoms with Crippen molar-refractivity contribution in [1.29, 1.82) is 0 Å². The lowest BCUT2D eigenvalue weighted by molar-refractivity contribution is -0.147. The predicted molar refractivity (Wildman–Crippen MR) is 167 cm³/mol. The molecule has 13 N–H and O–H groups in total. The summed E-state index contributed by atoms with van der Waals surface area (Å²) in [6.07, 6.45) is 1.16. The number of fused-ring (bicyclic) bond motifs is 1. The summed E-state index contributed by atoms with van der Waals surface area (Å²) >= 11 is 0. The standard InChI is InChI=1S/C30H38N8O8/c31-20(5-3-11-34-30(32)33)26(42)36-22(12-16-7-9-18(39)10-8-16)27(43)37-23(28(44)38-24(29(45)46)14-25(40)41)13-17-15-35-21-6-2-1-4-19(17)21/h1-2,4,6-10,15,20,22-24,35,39H,3,5,11-14,31H2,(H,36,42)(H,37,43)(H,38,44)(H,40,41)(H,45,46)(H4,32,33,34)/t20-,22-,23-,24-/m0/s1. The van der Waals surface area contributed by atoms with Crippen molar-refractivity contribution in [1.82, 2.24) is 20.9 Å². The molecule has 0 aliphatic rings. The van der Waals surface area contributed by atoms with Gasteiger partial charge in [0.2, 0.25) is 17.7 Å². The van der Waals surface area contributed by atoms with Crippen molar-refractivity contribution < 1.29 is 39.3 Å². The molecule has 0 aliphatic heterocycles. The largest absolute Gasteiger partial charge is 0.508 e. The monoisotopic (exact) mass is 638 g/mol. The number of carbonyl (C=O) groups is 5. The number of H-pyrrole nitrogens is 1. The number of benzene rings is 2. The summed E-state index contributed by atoms with van der Waals surface area (Å²) in [7, 11) is 0. The van der Waals surface area contributed by atoms with E-state index in [1.54, 1.807) is 36.5 Å². The number of nitrogens with zero attached hydrogens (tertiary/aromatic N) is 1. The molecule has 1 heterocycles. The van der Waals surface area contributed by atoms with E-state index >= 15 is 0 Å². The highest BCUT2D eigenvalue weighted by molar-refractivity contribution is 5.95. The van der Waals surface area contributed by atoms with Crippen LogP contribution in [0.1, 0.15) is 30.4 Å². The number of para-hydroxylation sites is 1. The Hall–Kier alpha value is -5.64. The number of nitrogens with one attached hydrogen (secondary N) is 4. The number of carboxylic acids is 2. The van der Waals surface area contributed by atoms with Crippen LogP contribution in [0.5, 0.6) is 5.75 Å². The number of carboxylic acid groups (broad SMARTS) is 2. The zero-order chi connectivity index (χ0) is 33.8. The molecule has 0 aliphatic carbocycles. The van der Waals surface area contributed by atoms with E-state index in [0.717, 1.165) is 10.9 Å². The molecule has 46 heavy (non-hydrogen) atoms. The molecule has 3 aromatic rings. The van der Waals surface area contributed by atoms with Gasteiger partial charge < -0.3 is 53.5 Å². The van der Waals surface area contributed by atoms with Crippen LogP contribution in [0.15, 0.2) is 59.7 Å². The Kier molecular flexibility index (Phi) is 12.5. The van der Waals surface area contributed by atoms with Gasteiger partial charge in [-0.15, -0.1) is 0 Å². The van der Waals surface area contributed by atoms with Crippen molar-refractivity contribution in [2.45, 2.75) is 56.3 Å². The number of aromatic nitrogens is 1. The van der Waals surface area contributed by atoms with Crippen molar-refractivity contribution in [2.75, 3.05) is 6.54 Å². The van der Waals surface area contributed by atoms with Crippen LogP contribution in [0.4, 0.5) is 0 Å². The second-order valence-electron chi connectivity index (χ2n) is 10.6. The fourth-order valence-electron chi connectivity index (χ4n) is 4.66. The van der Waals surface area contributed by atoms with Crippen molar-refractivity contribution in [3.05, 3.63) is 65.9 Å². The molecule has 0 spiro atoms. The predicted octanol–water partition coefficient (Wildman–Crippen LogP) is -0.947. The number of nitrogens with two attached hydrogens (primary N) is 3. The Balaban J connectivity index is 1.87. The number of rotatable bonds is 17. The minimum Gasteiger partial charge on any atom is -0.508 e. The molecule has 16 nitrogen and oxygen atoms in total. The van der Waals surface area contributed by atoms with E-state index in [-0.39, 0.29) is 37.5 Å². The second kappa shape index (κ2) is 16.4. The molecule has 0 bridgehead atoms. The second-order valence-corrected chi connectivity index (χ2v) is 10.6. The summed E-state index contributed by atoms with van der Waals surface area (Å²) in [4.78, 5) is 70.0. The van der Waals surface area contributed by atoms with Gasteiger partial charge >= 0.3 is 11.9 Å². The molecule has 246 valence electrons. The third kappa shape index (κ3) is 10.5. The van der Waals surface area contributed by atoms with Crippen molar-refractivity contribution >= 4 is 46.5 Å². The van der Waals surface area contributed by atoms with E-state index in [9.17, 15) is 34.2 Å². The lowest BCUT2D eigenvalue weighted by Crippen LogP contribution is -2.58. The highest BCUT2D eigenvalue weighted by Gasteiger charge is 2.32. The van der Waals surface area contributed by atoms with Crippen molar-refractivity contribution in [3.63, 3.8) is 0 Å². The number of carbonyl (C=O) groups excluding carboxylic acids is 3. The Morgan fingerprint density at radius 2 is 1.43 bits per heavy atom. The van der Waals surface area contributed by atoms with E-state index in [2.05, 4.69) is 25.9 Å². The van der Waals surface area contributed by atoms with Gasteiger partial charge in [-0.1, -0.05) is 30.3 Å². The van der Waals surface area contributed by atoms with Gasteiger partial charge in [-0.2, -0.15) is 0 Å². The molecule has 2 aromatic carbocycles. The molecule has 0 fully saturated rings. The number of hydrogen-bond acceptors (Lipinski definition) is 8. The van der Waals surface area contributed by atoms with Crippen LogP contribution in [0.3, 0.4) is 0 Å². The Morgan fingerprint density at radius 1 is 0.826 bits per heavy atom. The number of phenolic OH excluding ortho intramolecular Hbond substituents is 1. The van der Waals surface area contributed by atoms with Gasteiger partial charge in [0.05, 0.1) is 12.5 Å². The lowest BCUT2D eigenvalue weighted by Gasteiger charge is -2.25. The maximum absolute atomic E-state index is 13.8. The number of phenols is 1. The summed E-state index contributed by atoms with van der Waals surface area (Å²) in [6, 6.07) is 7.68. The Bertz CT molecular complexity index is 1570. The summed E-state index contributed by atoms with van der Waals surface area (Å²) in [5.41, 5.74) is 18.6. The summed E-state index contributed by atoms with van der Waals surface area (Å²) in [5, 5.41) is 36.5.